The predicted octanol–water partition coefficient (Wildman–Crippen LogP) is 4.31. The Bertz CT molecular complexity index is 2050. The second-order valence-electron chi connectivity index (χ2n) is 14.5. The van der Waals surface area contributed by atoms with Gasteiger partial charge in [-0.1, -0.05) is 24.3 Å². The fourth-order valence-corrected chi connectivity index (χ4v) is 11.9. The van der Waals surface area contributed by atoms with E-state index in [9.17, 15) is 16.8 Å². The molecule has 254 valence electrons. The summed E-state index contributed by atoms with van der Waals surface area (Å²) >= 11 is 0. The summed E-state index contributed by atoms with van der Waals surface area (Å²) in [6, 6.07) is 12.6. The zero-order valence-corrected chi connectivity index (χ0v) is 29.8. The molecule has 10 nitrogen and oxygen atoms in total. The van der Waals surface area contributed by atoms with Crippen LogP contribution in [-0.2, 0) is 47.4 Å². The number of aryl methyl sites for hydroxylation is 4. The van der Waals surface area contributed by atoms with Crippen LogP contribution in [0.3, 0.4) is 0 Å². The van der Waals surface area contributed by atoms with Crippen LogP contribution in [0.2, 0.25) is 0 Å². The van der Waals surface area contributed by atoms with Crippen LogP contribution >= 0.6 is 0 Å². The maximum absolute atomic E-state index is 13.6. The van der Waals surface area contributed by atoms with Crippen molar-refractivity contribution in [1.82, 2.24) is 27.2 Å². The van der Waals surface area contributed by atoms with Crippen molar-refractivity contribution in [3.63, 3.8) is 0 Å². The van der Waals surface area contributed by atoms with E-state index < -0.39 is 20.4 Å². The van der Waals surface area contributed by atoms with Crippen molar-refractivity contribution in [3.8, 4) is 0 Å². The van der Waals surface area contributed by atoms with Crippen LogP contribution in [0.1, 0.15) is 54.9 Å². The summed E-state index contributed by atoms with van der Waals surface area (Å²) in [5.74, 6) is 0.125. The summed E-state index contributed by atoms with van der Waals surface area (Å²) < 4.78 is 67.6. The van der Waals surface area contributed by atoms with Crippen LogP contribution in [-0.4, -0.2) is 72.8 Å². The number of hydrogen-bond acceptors (Lipinski definition) is 4. The number of benzene rings is 2. The van der Waals surface area contributed by atoms with Crippen molar-refractivity contribution < 1.29 is 16.8 Å². The average molecular weight is 681 g/mol. The summed E-state index contributed by atoms with van der Waals surface area (Å²) in [6.07, 6.45) is 8.71. The third-order valence-corrected chi connectivity index (χ3v) is 14.6. The summed E-state index contributed by atoms with van der Waals surface area (Å²) in [6.45, 7) is 7.68. The van der Waals surface area contributed by atoms with E-state index in [2.05, 4.69) is 81.2 Å². The Kier molecular flexibility index (Phi) is 8.37. The molecule has 2 aromatic heterocycles. The number of nitrogens with one attached hydrogen (secondary N) is 2. The van der Waals surface area contributed by atoms with Crippen molar-refractivity contribution in [2.24, 2.45) is 25.4 Å². The number of nitrogens with zero attached hydrogens (tertiary/aromatic N) is 4. The van der Waals surface area contributed by atoms with E-state index in [0.29, 0.717) is 39.0 Å². The molecule has 4 unspecified atom stereocenters. The first-order valence-electron chi connectivity index (χ1n) is 16.9. The smallest absolute Gasteiger partial charge is 0.279 e. The number of aromatic nitrogens is 2. The number of rotatable bonds is 11. The van der Waals surface area contributed by atoms with Gasteiger partial charge in [-0.25, -0.2) is 9.44 Å². The zero-order chi connectivity index (χ0) is 33.3. The van der Waals surface area contributed by atoms with E-state index in [1.807, 2.05) is 21.0 Å². The Labute approximate surface area is 279 Å². The van der Waals surface area contributed by atoms with Crippen LogP contribution in [0.25, 0.3) is 21.8 Å². The van der Waals surface area contributed by atoms with Gasteiger partial charge in [0.05, 0.1) is 0 Å². The molecule has 12 heteroatoms. The highest BCUT2D eigenvalue weighted by atomic mass is 32.2. The zero-order valence-electron chi connectivity index (χ0n) is 28.2. The van der Waals surface area contributed by atoms with Crippen molar-refractivity contribution in [2.45, 2.75) is 71.4 Å². The molecule has 2 saturated heterocycles. The van der Waals surface area contributed by atoms with E-state index in [1.54, 1.807) is 8.61 Å². The Hall–Kier alpha value is -2.74. The lowest BCUT2D eigenvalue weighted by molar-refractivity contribution is 0.165. The summed E-state index contributed by atoms with van der Waals surface area (Å²) in [7, 11) is -3.30. The van der Waals surface area contributed by atoms with Crippen LogP contribution in [0.4, 0.5) is 0 Å². The first kappa shape index (κ1) is 32.8. The second-order valence-corrected chi connectivity index (χ2v) is 17.9. The number of hydrogen-bond donors (Lipinski definition) is 2. The second kappa shape index (κ2) is 12.0. The molecule has 3 aliphatic rings. The van der Waals surface area contributed by atoms with E-state index in [4.69, 9.17) is 0 Å². The molecule has 2 aromatic carbocycles. The highest BCUT2D eigenvalue weighted by molar-refractivity contribution is 7.87. The molecule has 2 aliphatic heterocycles. The largest absolute Gasteiger partial charge is 0.350 e. The topological polar surface area (TPSA) is 109 Å². The minimum absolute atomic E-state index is 0.0309. The molecular weight excluding hydrogens is 633 g/mol. The Morgan fingerprint density at radius 2 is 1.34 bits per heavy atom. The molecule has 4 aromatic rings. The van der Waals surface area contributed by atoms with Gasteiger partial charge in [-0.3, -0.25) is 0 Å². The maximum Gasteiger partial charge on any atom is 0.279 e. The van der Waals surface area contributed by atoms with Gasteiger partial charge in [0, 0.05) is 86.6 Å². The van der Waals surface area contributed by atoms with Gasteiger partial charge >= 0.3 is 0 Å². The molecule has 0 spiro atoms. The number of piperidine rings is 1. The fraction of sp³-hybridized carbons (Fsp3) is 0.543. The molecular formula is C35H48N6O4S2. The van der Waals surface area contributed by atoms with Crippen LogP contribution in [0.15, 0.2) is 48.8 Å². The van der Waals surface area contributed by atoms with Crippen LogP contribution in [0.5, 0.6) is 0 Å². The van der Waals surface area contributed by atoms with Gasteiger partial charge in [-0.15, -0.1) is 0 Å². The molecule has 4 atom stereocenters. The van der Waals surface area contributed by atoms with Gasteiger partial charge < -0.3 is 9.13 Å². The first-order chi connectivity index (χ1) is 22.3. The van der Waals surface area contributed by atoms with Gasteiger partial charge in [0.2, 0.25) is 0 Å². The Balaban J connectivity index is 0.966. The molecule has 4 heterocycles. The molecule has 0 amide bonds. The summed E-state index contributed by atoms with van der Waals surface area (Å²) in [5, 5.41) is 2.31. The molecule has 2 bridgehead atoms. The predicted molar refractivity (Wildman–Crippen MR) is 188 cm³/mol. The highest BCUT2D eigenvalue weighted by Crippen LogP contribution is 2.56. The van der Waals surface area contributed by atoms with Gasteiger partial charge in [0.15, 0.2) is 0 Å². The Morgan fingerprint density at radius 3 is 1.89 bits per heavy atom. The first-order valence-corrected chi connectivity index (χ1v) is 19.8. The third kappa shape index (κ3) is 5.95. The molecule has 1 saturated carbocycles. The van der Waals surface area contributed by atoms with E-state index in [-0.39, 0.29) is 23.4 Å². The van der Waals surface area contributed by atoms with E-state index in [1.165, 1.54) is 11.1 Å². The SMILES string of the molecule is Cc1ccc2c(CCNS(=O)(=O)N3CC(C45CCC(C4)N(S(=O)(=O)NCCc4cn(C)c6cc(C)ccc46)C5)CC3C)cn(C)c2c1. The van der Waals surface area contributed by atoms with E-state index in [0.717, 1.165) is 58.6 Å². The molecule has 47 heavy (non-hydrogen) atoms. The molecule has 3 fully saturated rings. The molecule has 1 aliphatic carbocycles. The maximum atomic E-state index is 13.6. The average Bonchev–Trinajstić information content (AvgIpc) is 3.83. The van der Waals surface area contributed by atoms with Gasteiger partial charge in [-0.05, 0) is 105 Å². The van der Waals surface area contributed by atoms with Gasteiger partial charge in [0.25, 0.3) is 20.4 Å². The van der Waals surface area contributed by atoms with Crippen LogP contribution < -0.4 is 9.44 Å². The summed E-state index contributed by atoms with van der Waals surface area (Å²) in [4.78, 5) is 0. The highest BCUT2D eigenvalue weighted by Gasteiger charge is 2.58. The van der Waals surface area contributed by atoms with Crippen molar-refractivity contribution >= 4 is 42.2 Å². The fourth-order valence-electron chi connectivity index (χ4n) is 8.87. The summed E-state index contributed by atoms with van der Waals surface area (Å²) in [5.41, 5.74) is 6.77. The van der Waals surface area contributed by atoms with Crippen molar-refractivity contribution in [1.29, 1.82) is 0 Å². The van der Waals surface area contributed by atoms with Crippen LogP contribution in [0, 0.1) is 25.2 Å². The normalized spacial score (nSPS) is 25.6. The standard InChI is InChI=1S/C35H48N6O4S2/c1-24-6-8-31-27(20-38(4)33(31)16-24)11-14-36-46(42,43)40-22-29(18-26(40)3)35-13-10-30(19-35)41(23-35)47(44,45)37-15-12-28-21-39(5)34-17-25(2)7-9-32(28)34/h6-9,16-17,20-21,26,29-30,36-37H,10-15,18-19,22-23H2,1-5H3. The van der Waals surface area contributed by atoms with Gasteiger partial charge in [-0.2, -0.15) is 25.4 Å². The molecule has 7 rings (SSSR count). The third-order valence-electron chi connectivity index (χ3n) is 11.3. The lowest BCUT2D eigenvalue weighted by Gasteiger charge is -2.36. The van der Waals surface area contributed by atoms with E-state index >= 15 is 0 Å². The van der Waals surface area contributed by atoms with Crippen molar-refractivity contribution in [2.75, 3.05) is 26.2 Å². The lowest BCUT2D eigenvalue weighted by Crippen LogP contribution is -2.48. The molecule has 2 N–H and O–H groups in total. The Morgan fingerprint density at radius 1 is 0.809 bits per heavy atom. The molecule has 0 radical (unpaired) electrons. The lowest BCUT2D eigenvalue weighted by atomic mass is 9.74. The van der Waals surface area contributed by atoms with Crippen molar-refractivity contribution in [3.05, 3.63) is 71.0 Å². The minimum Gasteiger partial charge on any atom is -0.350 e. The quantitative estimate of drug-likeness (QED) is 0.246. The van der Waals surface area contributed by atoms with Gasteiger partial charge in [0.1, 0.15) is 0 Å². The number of fused-ring (bicyclic) bond motifs is 4. The monoisotopic (exact) mass is 680 g/mol. The minimum atomic E-state index is -3.68.